The van der Waals surface area contributed by atoms with E-state index >= 15 is 0 Å². The number of hydrogen-bond acceptors (Lipinski definition) is 4. The van der Waals surface area contributed by atoms with Gasteiger partial charge in [-0.3, -0.25) is 4.79 Å². The summed E-state index contributed by atoms with van der Waals surface area (Å²) in [5, 5.41) is 16.7. The minimum atomic E-state index is -0.900. The Morgan fingerprint density at radius 2 is 2.12 bits per heavy atom. The number of piperidine rings is 1. The fraction of sp³-hybridized carbons (Fsp3) is 0.500. The number of rotatable bonds is 6. The van der Waals surface area contributed by atoms with Gasteiger partial charge in [0.1, 0.15) is 6.54 Å². The molecule has 128 valence electrons. The molecule has 24 heavy (non-hydrogen) atoms. The van der Waals surface area contributed by atoms with Crippen molar-refractivity contribution in [1.29, 1.82) is 0 Å². The molecule has 2 unspecified atom stereocenters. The average Bonchev–Trinajstić information content (AvgIpc) is 3.00. The summed E-state index contributed by atoms with van der Waals surface area (Å²) in [6.45, 7) is 5.31. The van der Waals surface area contributed by atoms with Gasteiger partial charge in [0.15, 0.2) is 0 Å². The van der Waals surface area contributed by atoms with Gasteiger partial charge in [0.25, 0.3) is 0 Å². The molecular formula is C18H24N4O2. The van der Waals surface area contributed by atoms with Gasteiger partial charge in [-0.2, -0.15) is 0 Å². The quantitative estimate of drug-likeness (QED) is 0.878. The van der Waals surface area contributed by atoms with Gasteiger partial charge in [0.2, 0.25) is 0 Å². The fourth-order valence-corrected chi connectivity index (χ4v) is 3.57. The van der Waals surface area contributed by atoms with Crippen LogP contribution in [0.15, 0.2) is 36.5 Å². The van der Waals surface area contributed by atoms with Crippen LogP contribution in [0.1, 0.15) is 30.5 Å². The number of carboxylic acids is 1. The standard InChI is InChI=1S/C18H24N4O2/c1-14-11-21(10-8-17(14)15-5-3-2-4-6-15)9-7-16-12-22(20-19-16)13-18(23)24/h2-6,12,14,17H,7-11,13H2,1H3,(H,23,24). The molecule has 6 nitrogen and oxygen atoms in total. The van der Waals surface area contributed by atoms with Crippen LogP contribution in [0.25, 0.3) is 0 Å². The Labute approximate surface area is 142 Å². The predicted molar refractivity (Wildman–Crippen MR) is 90.8 cm³/mol. The van der Waals surface area contributed by atoms with E-state index in [9.17, 15) is 4.79 Å². The molecule has 0 saturated carbocycles. The van der Waals surface area contributed by atoms with Crippen LogP contribution < -0.4 is 0 Å². The maximum Gasteiger partial charge on any atom is 0.325 e. The van der Waals surface area contributed by atoms with E-state index in [1.807, 2.05) is 0 Å². The summed E-state index contributed by atoms with van der Waals surface area (Å²) in [5.41, 5.74) is 2.30. The van der Waals surface area contributed by atoms with E-state index < -0.39 is 5.97 Å². The third kappa shape index (κ3) is 4.20. The van der Waals surface area contributed by atoms with Crippen LogP contribution in [0.3, 0.4) is 0 Å². The highest BCUT2D eigenvalue weighted by Crippen LogP contribution is 2.32. The van der Waals surface area contributed by atoms with Gasteiger partial charge in [-0.05, 0) is 30.4 Å². The lowest BCUT2D eigenvalue weighted by atomic mass is 9.81. The Bertz CT molecular complexity index is 671. The zero-order valence-corrected chi connectivity index (χ0v) is 14.0. The molecule has 1 aliphatic heterocycles. The molecule has 3 rings (SSSR count). The first-order valence-electron chi connectivity index (χ1n) is 8.50. The maximum atomic E-state index is 10.7. The number of carboxylic acid groups (broad SMARTS) is 1. The van der Waals surface area contributed by atoms with Gasteiger partial charge >= 0.3 is 5.97 Å². The van der Waals surface area contributed by atoms with E-state index in [2.05, 4.69) is 52.5 Å². The number of hydrogen-bond donors (Lipinski definition) is 1. The van der Waals surface area contributed by atoms with Gasteiger partial charge in [0.05, 0.1) is 5.69 Å². The van der Waals surface area contributed by atoms with Crippen molar-refractivity contribution in [1.82, 2.24) is 19.9 Å². The number of benzene rings is 1. The van der Waals surface area contributed by atoms with Crippen molar-refractivity contribution in [3.05, 3.63) is 47.8 Å². The van der Waals surface area contributed by atoms with Crippen LogP contribution in [0.2, 0.25) is 0 Å². The van der Waals surface area contributed by atoms with Crippen molar-refractivity contribution >= 4 is 5.97 Å². The van der Waals surface area contributed by atoms with Crippen molar-refractivity contribution in [2.45, 2.75) is 32.2 Å². The summed E-state index contributed by atoms with van der Waals surface area (Å²) in [4.78, 5) is 13.1. The highest BCUT2D eigenvalue weighted by molar-refractivity contribution is 5.66. The first-order valence-corrected chi connectivity index (χ1v) is 8.50. The first-order chi connectivity index (χ1) is 11.6. The molecule has 2 aromatic rings. The molecule has 0 spiro atoms. The van der Waals surface area contributed by atoms with Gasteiger partial charge in [-0.1, -0.05) is 42.5 Å². The first kappa shape index (κ1) is 16.6. The molecule has 1 N–H and O–H groups in total. The SMILES string of the molecule is CC1CN(CCc2cn(CC(=O)O)nn2)CCC1c1ccccc1. The van der Waals surface area contributed by atoms with Gasteiger partial charge in [-0.15, -0.1) is 5.10 Å². The number of aromatic nitrogens is 3. The maximum absolute atomic E-state index is 10.7. The summed E-state index contributed by atoms with van der Waals surface area (Å²) in [6, 6.07) is 10.8. The van der Waals surface area contributed by atoms with E-state index in [4.69, 9.17) is 5.11 Å². The molecule has 0 radical (unpaired) electrons. The molecule has 1 aromatic heterocycles. The molecule has 0 amide bonds. The second-order valence-corrected chi connectivity index (χ2v) is 6.63. The van der Waals surface area contributed by atoms with Crippen LogP contribution in [-0.2, 0) is 17.8 Å². The second kappa shape index (κ2) is 7.57. The van der Waals surface area contributed by atoms with Crippen LogP contribution >= 0.6 is 0 Å². The predicted octanol–water partition coefficient (Wildman–Crippen LogP) is 2.03. The molecule has 2 atom stereocenters. The van der Waals surface area contributed by atoms with Crippen LogP contribution in [-0.4, -0.2) is 50.6 Å². The van der Waals surface area contributed by atoms with E-state index in [0.717, 1.165) is 31.7 Å². The van der Waals surface area contributed by atoms with Crippen molar-refractivity contribution < 1.29 is 9.90 Å². The van der Waals surface area contributed by atoms with Crippen molar-refractivity contribution in [3.63, 3.8) is 0 Å². The van der Waals surface area contributed by atoms with Gasteiger partial charge in [-0.25, -0.2) is 4.68 Å². The van der Waals surface area contributed by atoms with Crippen LogP contribution in [0.4, 0.5) is 0 Å². The van der Waals surface area contributed by atoms with E-state index in [1.54, 1.807) is 6.20 Å². The molecule has 2 heterocycles. The van der Waals surface area contributed by atoms with Crippen molar-refractivity contribution in [3.8, 4) is 0 Å². The van der Waals surface area contributed by atoms with E-state index in [1.165, 1.54) is 16.7 Å². The molecule has 0 aliphatic carbocycles. The lowest BCUT2D eigenvalue weighted by Crippen LogP contribution is -2.39. The molecule has 1 aliphatic rings. The zero-order chi connectivity index (χ0) is 16.9. The minimum Gasteiger partial charge on any atom is -0.480 e. The highest BCUT2D eigenvalue weighted by atomic mass is 16.4. The Morgan fingerprint density at radius 3 is 2.83 bits per heavy atom. The van der Waals surface area contributed by atoms with Gasteiger partial charge < -0.3 is 10.0 Å². The van der Waals surface area contributed by atoms with Crippen LogP contribution in [0.5, 0.6) is 0 Å². The highest BCUT2D eigenvalue weighted by Gasteiger charge is 2.26. The summed E-state index contributed by atoms with van der Waals surface area (Å²) >= 11 is 0. The Morgan fingerprint density at radius 1 is 1.33 bits per heavy atom. The lowest BCUT2D eigenvalue weighted by Gasteiger charge is -2.37. The summed E-state index contributed by atoms with van der Waals surface area (Å²) in [5.74, 6) is 0.367. The van der Waals surface area contributed by atoms with E-state index in [-0.39, 0.29) is 6.54 Å². The molecule has 1 fully saturated rings. The monoisotopic (exact) mass is 328 g/mol. The minimum absolute atomic E-state index is 0.132. The normalized spacial score (nSPS) is 21.7. The van der Waals surface area contributed by atoms with E-state index in [0.29, 0.717) is 11.8 Å². The molecule has 6 heteroatoms. The third-order valence-corrected chi connectivity index (χ3v) is 4.78. The zero-order valence-electron chi connectivity index (χ0n) is 14.0. The Hall–Kier alpha value is -2.21. The number of nitrogens with zero attached hydrogens (tertiary/aromatic N) is 4. The summed E-state index contributed by atoms with van der Waals surface area (Å²) in [6.07, 6.45) is 3.72. The summed E-state index contributed by atoms with van der Waals surface area (Å²) < 4.78 is 1.38. The van der Waals surface area contributed by atoms with Gasteiger partial charge in [0, 0.05) is 25.7 Å². The van der Waals surface area contributed by atoms with Crippen LogP contribution in [0, 0.1) is 5.92 Å². The Kier molecular flexibility index (Phi) is 5.25. The smallest absolute Gasteiger partial charge is 0.325 e. The number of likely N-dealkylation sites (tertiary alicyclic amines) is 1. The molecule has 1 aromatic carbocycles. The number of aliphatic carboxylic acids is 1. The fourth-order valence-electron chi connectivity index (χ4n) is 3.57. The lowest BCUT2D eigenvalue weighted by molar-refractivity contribution is -0.137. The Balaban J connectivity index is 1.49. The van der Waals surface area contributed by atoms with Crippen molar-refractivity contribution in [2.24, 2.45) is 5.92 Å². The third-order valence-electron chi connectivity index (χ3n) is 4.78. The second-order valence-electron chi connectivity index (χ2n) is 6.63. The largest absolute Gasteiger partial charge is 0.480 e. The molecule has 0 bridgehead atoms. The average molecular weight is 328 g/mol. The molecular weight excluding hydrogens is 304 g/mol. The topological polar surface area (TPSA) is 71.2 Å². The summed E-state index contributed by atoms with van der Waals surface area (Å²) in [7, 11) is 0. The molecule has 1 saturated heterocycles. The van der Waals surface area contributed by atoms with Crippen molar-refractivity contribution in [2.75, 3.05) is 19.6 Å². The number of carbonyl (C=O) groups is 1.